The van der Waals surface area contributed by atoms with Crippen LogP contribution in [0.4, 0.5) is 5.82 Å². The van der Waals surface area contributed by atoms with Crippen LogP contribution in [0.1, 0.15) is 50.4 Å². The third kappa shape index (κ3) is 1.83. The van der Waals surface area contributed by atoms with E-state index in [1.165, 1.54) is 42.9 Å². The lowest BCUT2D eigenvalue weighted by atomic mass is 9.96. The van der Waals surface area contributed by atoms with Crippen LogP contribution < -0.4 is 5.32 Å². The SMILES string of the molecule is CCN1CCCCC1c1nn(CC)c2c1CCN2. The Bertz CT molecular complexity index is 424. The normalized spacial score (nSPS) is 24.0. The topological polar surface area (TPSA) is 33.1 Å². The Labute approximate surface area is 109 Å². The number of rotatable bonds is 3. The molecule has 0 bridgehead atoms. The number of likely N-dealkylation sites (tertiary alicyclic amines) is 1. The van der Waals surface area contributed by atoms with Crippen molar-refractivity contribution in [2.75, 3.05) is 25.0 Å². The van der Waals surface area contributed by atoms with Gasteiger partial charge in [0.2, 0.25) is 0 Å². The number of nitrogens with zero attached hydrogens (tertiary/aromatic N) is 3. The maximum absolute atomic E-state index is 4.88. The van der Waals surface area contributed by atoms with Crippen LogP contribution in [-0.2, 0) is 13.0 Å². The second-order valence-corrected chi connectivity index (χ2v) is 5.35. The van der Waals surface area contributed by atoms with E-state index in [-0.39, 0.29) is 0 Å². The van der Waals surface area contributed by atoms with Crippen molar-refractivity contribution in [3.05, 3.63) is 11.3 Å². The highest BCUT2D eigenvalue weighted by atomic mass is 15.4. The van der Waals surface area contributed by atoms with Gasteiger partial charge in [0.25, 0.3) is 0 Å². The van der Waals surface area contributed by atoms with Gasteiger partial charge in [-0.05, 0) is 39.3 Å². The first-order valence-corrected chi connectivity index (χ1v) is 7.42. The zero-order valence-electron chi connectivity index (χ0n) is 11.6. The van der Waals surface area contributed by atoms with Crippen molar-refractivity contribution in [1.29, 1.82) is 0 Å². The Morgan fingerprint density at radius 3 is 2.94 bits per heavy atom. The minimum absolute atomic E-state index is 0.560. The summed E-state index contributed by atoms with van der Waals surface area (Å²) in [5, 5.41) is 8.38. The van der Waals surface area contributed by atoms with Crippen molar-refractivity contribution in [2.45, 2.75) is 52.1 Å². The molecule has 0 aromatic carbocycles. The molecular formula is C14H24N4. The van der Waals surface area contributed by atoms with Gasteiger partial charge < -0.3 is 5.32 Å². The van der Waals surface area contributed by atoms with E-state index in [0.29, 0.717) is 6.04 Å². The van der Waals surface area contributed by atoms with Crippen LogP contribution in [0.15, 0.2) is 0 Å². The average Bonchev–Trinajstić information content (AvgIpc) is 3.00. The van der Waals surface area contributed by atoms with Gasteiger partial charge in [0.05, 0.1) is 11.7 Å². The third-order valence-electron chi connectivity index (χ3n) is 4.38. The molecule has 0 spiro atoms. The van der Waals surface area contributed by atoms with Crippen LogP contribution in [-0.4, -0.2) is 34.3 Å². The molecule has 4 heteroatoms. The van der Waals surface area contributed by atoms with Gasteiger partial charge in [-0.1, -0.05) is 13.3 Å². The summed E-state index contributed by atoms with van der Waals surface area (Å²) >= 11 is 0. The fourth-order valence-corrected chi connectivity index (χ4v) is 3.44. The molecule has 2 aliphatic rings. The first-order valence-electron chi connectivity index (χ1n) is 7.42. The highest BCUT2D eigenvalue weighted by molar-refractivity contribution is 5.53. The molecule has 0 aliphatic carbocycles. The van der Waals surface area contributed by atoms with Crippen molar-refractivity contribution in [3.8, 4) is 0 Å². The van der Waals surface area contributed by atoms with E-state index in [1.54, 1.807) is 0 Å². The Morgan fingerprint density at radius 2 is 2.17 bits per heavy atom. The summed E-state index contributed by atoms with van der Waals surface area (Å²) in [5.41, 5.74) is 2.85. The number of piperidine rings is 1. The molecule has 0 radical (unpaired) electrons. The zero-order valence-corrected chi connectivity index (χ0v) is 11.6. The number of nitrogens with one attached hydrogen (secondary N) is 1. The first kappa shape index (κ1) is 12.0. The summed E-state index contributed by atoms with van der Waals surface area (Å²) in [4.78, 5) is 2.60. The van der Waals surface area contributed by atoms with Gasteiger partial charge in [-0.15, -0.1) is 0 Å². The highest BCUT2D eigenvalue weighted by Crippen LogP contribution is 2.36. The second-order valence-electron chi connectivity index (χ2n) is 5.35. The molecule has 4 nitrogen and oxygen atoms in total. The van der Waals surface area contributed by atoms with E-state index < -0.39 is 0 Å². The Morgan fingerprint density at radius 1 is 1.28 bits per heavy atom. The van der Waals surface area contributed by atoms with Gasteiger partial charge in [-0.25, -0.2) is 4.68 Å². The summed E-state index contributed by atoms with van der Waals surface area (Å²) in [7, 11) is 0. The molecule has 1 fully saturated rings. The van der Waals surface area contributed by atoms with Crippen LogP contribution in [0.2, 0.25) is 0 Å². The Kier molecular flexibility index (Phi) is 3.29. The molecule has 1 atom stereocenters. The van der Waals surface area contributed by atoms with E-state index in [1.807, 2.05) is 0 Å². The standard InChI is InChI=1S/C14H24N4/c1-3-17-10-6-5-7-12(17)13-11-8-9-15-14(11)18(4-2)16-13/h12,15H,3-10H2,1-2H3. The van der Waals surface area contributed by atoms with Crippen LogP contribution >= 0.6 is 0 Å². The van der Waals surface area contributed by atoms with Crippen LogP contribution in [0.25, 0.3) is 0 Å². The molecule has 0 saturated carbocycles. The maximum Gasteiger partial charge on any atom is 0.127 e. The number of hydrogen-bond acceptors (Lipinski definition) is 3. The van der Waals surface area contributed by atoms with Crippen molar-refractivity contribution >= 4 is 5.82 Å². The monoisotopic (exact) mass is 248 g/mol. The van der Waals surface area contributed by atoms with Crippen molar-refractivity contribution < 1.29 is 0 Å². The predicted molar refractivity (Wildman–Crippen MR) is 73.9 cm³/mol. The number of aromatic nitrogens is 2. The van der Waals surface area contributed by atoms with Gasteiger partial charge in [-0.2, -0.15) is 5.10 Å². The maximum atomic E-state index is 4.88. The molecule has 1 unspecified atom stereocenters. The lowest BCUT2D eigenvalue weighted by molar-refractivity contribution is 0.152. The second kappa shape index (κ2) is 4.92. The Balaban J connectivity index is 1.95. The number of hydrogen-bond donors (Lipinski definition) is 1. The molecule has 0 amide bonds. The van der Waals surface area contributed by atoms with Crippen molar-refractivity contribution in [1.82, 2.24) is 14.7 Å². The lowest BCUT2D eigenvalue weighted by Gasteiger charge is -2.34. The summed E-state index contributed by atoms with van der Waals surface area (Å²) in [6, 6.07) is 0.560. The molecule has 2 aliphatic heterocycles. The third-order valence-corrected chi connectivity index (χ3v) is 4.38. The predicted octanol–water partition coefficient (Wildman–Crippen LogP) is 2.42. The van der Waals surface area contributed by atoms with Gasteiger partial charge in [0, 0.05) is 18.7 Å². The van der Waals surface area contributed by atoms with E-state index in [2.05, 4.69) is 28.7 Å². The average molecular weight is 248 g/mol. The van der Waals surface area contributed by atoms with E-state index in [4.69, 9.17) is 5.10 Å². The summed E-state index contributed by atoms with van der Waals surface area (Å²) in [6.07, 6.45) is 5.13. The lowest BCUT2D eigenvalue weighted by Crippen LogP contribution is -2.34. The summed E-state index contributed by atoms with van der Waals surface area (Å²) in [5.74, 6) is 1.29. The smallest absolute Gasteiger partial charge is 0.127 e. The van der Waals surface area contributed by atoms with Crippen molar-refractivity contribution in [2.24, 2.45) is 0 Å². The minimum atomic E-state index is 0.560. The number of anilines is 1. The highest BCUT2D eigenvalue weighted by Gasteiger charge is 2.31. The summed E-state index contributed by atoms with van der Waals surface area (Å²) in [6.45, 7) is 8.88. The molecular weight excluding hydrogens is 224 g/mol. The van der Waals surface area contributed by atoms with Gasteiger partial charge >= 0.3 is 0 Å². The van der Waals surface area contributed by atoms with Crippen LogP contribution in [0.5, 0.6) is 0 Å². The molecule has 3 rings (SSSR count). The van der Waals surface area contributed by atoms with E-state index >= 15 is 0 Å². The minimum Gasteiger partial charge on any atom is -0.370 e. The molecule has 1 N–H and O–H groups in total. The molecule has 100 valence electrons. The van der Waals surface area contributed by atoms with Gasteiger partial charge in [-0.3, -0.25) is 4.90 Å². The fourth-order valence-electron chi connectivity index (χ4n) is 3.44. The van der Waals surface area contributed by atoms with Gasteiger partial charge in [0.1, 0.15) is 5.82 Å². The molecule has 1 aromatic rings. The van der Waals surface area contributed by atoms with E-state index in [9.17, 15) is 0 Å². The van der Waals surface area contributed by atoms with Crippen molar-refractivity contribution in [3.63, 3.8) is 0 Å². The van der Waals surface area contributed by atoms with Crippen LogP contribution in [0.3, 0.4) is 0 Å². The molecule has 18 heavy (non-hydrogen) atoms. The van der Waals surface area contributed by atoms with Crippen LogP contribution in [0, 0.1) is 0 Å². The van der Waals surface area contributed by atoms with Gasteiger partial charge in [0.15, 0.2) is 0 Å². The Hall–Kier alpha value is -1.03. The molecule has 1 saturated heterocycles. The molecule has 3 heterocycles. The summed E-state index contributed by atoms with van der Waals surface area (Å²) < 4.78 is 2.15. The zero-order chi connectivity index (χ0) is 12.5. The number of aryl methyl sites for hydroxylation is 1. The van der Waals surface area contributed by atoms with E-state index in [0.717, 1.165) is 26.1 Å². The largest absolute Gasteiger partial charge is 0.370 e. The molecule has 1 aromatic heterocycles. The first-order chi connectivity index (χ1) is 8.85. The number of fused-ring (bicyclic) bond motifs is 1. The fraction of sp³-hybridized carbons (Fsp3) is 0.786. The quantitative estimate of drug-likeness (QED) is 0.892.